The molecule has 8 heteroatoms. The van der Waals surface area contributed by atoms with Gasteiger partial charge in [0.1, 0.15) is 0 Å². The van der Waals surface area contributed by atoms with Gasteiger partial charge in [0.15, 0.2) is 5.82 Å². The number of benzene rings is 2. The molecule has 160 valence electrons. The normalized spacial score (nSPS) is 11.5. The number of azo groups is 1. The van der Waals surface area contributed by atoms with Gasteiger partial charge in [0.25, 0.3) is 0 Å². The van der Waals surface area contributed by atoms with Gasteiger partial charge >= 0.3 is 0 Å². The molecule has 1 aromatic heterocycles. The Morgan fingerprint density at radius 3 is 2.40 bits per heavy atom. The van der Waals surface area contributed by atoms with Gasteiger partial charge in [0.2, 0.25) is 5.13 Å². The van der Waals surface area contributed by atoms with Crippen LogP contribution in [-0.4, -0.2) is 54.6 Å². The number of aryl methyl sites for hydroxylation is 1. The maximum absolute atomic E-state index is 4.47. The molecule has 0 aliphatic heterocycles. The molecule has 0 saturated heterocycles. The van der Waals surface area contributed by atoms with Gasteiger partial charge < -0.3 is 21.8 Å². The summed E-state index contributed by atoms with van der Waals surface area (Å²) in [5.74, 6) is 0.687. The van der Waals surface area contributed by atoms with Crippen LogP contribution in [0.2, 0.25) is 0 Å². The summed E-state index contributed by atoms with van der Waals surface area (Å²) < 4.78 is 5.33. The van der Waals surface area contributed by atoms with Crippen molar-refractivity contribution in [3.05, 3.63) is 54.1 Å². The minimum Gasteiger partial charge on any atom is -1.00 e. The molecule has 3 rings (SSSR count). The van der Waals surface area contributed by atoms with Crippen molar-refractivity contribution >= 4 is 28.0 Å². The van der Waals surface area contributed by atoms with Crippen molar-refractivity contribution in [3.8, 4) is 11.4 Å². The molecule has 0 saturated carbocycles. The zero-order valence-electron chi connectivity index (χ0n) is 18.2. The summed E-state index contributed by atoms with van der Waals surface area (Å²) in [5.41, 5.74) is 4.16. The second-order valence-corrected chi connectivity index (χ2v) is 8.76. The predicted molar refractivity (Wildman–Crippen MR) is 121 cm³/mol. The van der Waals surface area contributed by atoms with Crippen LogP contribution in [0, 0.1) is 6.92 Å². The fraction of sp³-hybridized carbons (Fsp3) is 0.364. The third kappa shape index (κ3) is 6.58. The lowest BCUT2D eigenvalue weighted by molar-refractivity contribution is -0.868. The molecule has 1 heterocycles. The van der Waals surface area contributed by atoms with E-state index < -0.39 is 0 Å². The highest BCUT2D eigenvalue weighted by molar-refractivity contribution is 7.09. The van der Waals surface area contributed by atoms with Crippen LogP contribution in [0.25, 0.3) is 11.4 Å². The van der Waals surface area contributed by atoms with E-state index in [0.717, 1.165) is 40.9 Å². The Kier molecular flexibility index (Phi) is 8.46. The van der Waals surface area contributed by atoms with E-state index in [1.807, 2.05) is 36.4 Å². The Balaban J connectivity index is 0.00000320. The number of hydrogen-bond acceptors (Lipinski definition) is 6. The standard InChI is InChI=1S/C22H29N6S.ClH/c1-6-27(14-15-28(3,4)5)19-12-13-20(17(2)16-19)24-25-22-23-21(26-29-22)18-10-8-7-9-11-18;/h7-13,16H,6,14-15H2,1-5H3;1H/q+1;/p-1. The maximum Gasteiger partial charge on any atom is 0.249 e. The summed E-state index contributed by atoms with van der Waals surface area (Å²) in [6.45, 7) is 7.36. The number of halogens is 1. The van der Waals surface area contributed by atoms with Gasteiger partial charge in [-0.3, -0.25) is 0 Å². The van der Waals surface area contributed by atoms with E-state index in [9.17, 15) is 0 Å². The number of rotatable bonds is 8. The first-order valence-corrected chi connectivity index (χ1v) is 10.6. The van der Waals surface area contributed by atoms with Crippen molar-refractivity contribution in [1.82, 2.24) is 9.36 Å². The topological polar surface area (TPSA) is 53.7 Å². The van der Waals surface area contributed by atoms with E-state index in [1.165, 1.54) is 17.2 Å². The van der Waals surface area contributed by atoms with Gasteiger partial charge in [-0.15, -0.1) is 10.2 Å². The van der Waals surface area contributed by atoms with Crippen molar-refractivity contribution in [1.29, 1.82) is 0 Å². The first-order valence-electron chi connectivity index (χ1n) is 9.82. The van der Waals surface area contributed by atoms with Crippen molar-refractivity contribution in [3.63, 3.8) is 0 Å². The smallest absolute Gasteiger partial charge is 0.249 e. The lowest BCUT2D eigenvalue weighted by Crippen LogP contribution is -3.00. The summed E-state index contributed by atoms with van der Waals surface area (Å²) in [4.78, 5) is 6.87. The Hall–Kier alpha value is -2.35. The van der Waals surface area contributed by atoms with Crippen molar-refractivity contribution in [2.45, 2.75) is 13.8 Å². The van der Waals surface area contributed by atoms with Gasteiger partial charge in [-0.1, -0.05) is 30.3 Å². The van der Waals surface area contributed by atoms with Crippen LogP contribution >= 0.6 is 11.5 Å². The van der Waals surface area contributed by atoms with E-state index in [0.29, 0.717) is 11.0 Å². The highest BCUT2D eigenvalue weighted by Crippen LogP contribution is 2.28. The molecule has 0 atom stereocenters. The highest BCUT2D eigenvalue weighted by atomic mass is 35.5. The van der Waals surface area contributed by atoms with E-state index in [1.54, 1.807) is 0 Å². The summed E-state index contributed by atoms with van der Waals surface area (Å²) in [5, 5.41) is 9.27. The molecule has 0 spiro atoms. The Bertz CT molecular complexity index is 965. The summed E-state index contributed by atoms with van der Waals surface area (Å²) in [6, 6.07) is 16.2. The van der Waals surface area contributed by atoms with Gasteiger partial charge in [-0.25, -0.2) is 0 Å². The molecule has 0 fully saturated rings. The molecule has 30 heavy (non-hydrogen) atoms. The number of anilines is 1. The van der Waals surface area contributed by atoms with Crippen LogP contribution in [0.3, 0.4) is 0 Å². The lowest BCUT2D eigenvalue weighted by atomic mass is 10.1. The molecule has 0 amide bonds. The zero-order chi connectivity index (χ0) is 20.9. The molecule has 0 aliphatic carbocycles. The van der Waals surface area contributed by atoms with Crippen LogP contribution < -0.4 is 17.3 Å². The van der Waals surface area contributed by atoms with Crippen LogP contribution in [-0.2, 0) is 0 Å². The van der Waals surface area contributed by atoms with Crippen LogP contribution in [0.4, 0.5) is 16.5 Å². The molecule has 0 N–H and O–H groups in total. The summed E-state index contributed by atoms with van der Waals surface area (Å²) >= 11 is 1.26. The second-order valence-electron chi connectivity index (χ2n) is 8.03. The minimum atomic E-state index is 0. The number of likely N-dealkylation sites (N-methyl/N-ethyl adjacent to an activating group) is 2. The number of hydrogen-bond donors (Lipinski definition) is 0. The quantitative estimate of drug-likeness (QED) is 0.396. The second kappa shape index (κ2) is 10.6. The molecule has 0 bridgehead atoms. The number of nitrogens with zero attached hydrogens (tertiary/aromatic N) is 6. The van der Waals surface area contributed by atoms with Crippen LogP contribution in [0.15, 0.2) is 58.8 Å². The van der Waals surface area contributed by atoms with Crippen molar-refractivity contribution in [2.75, 3.05) is 45.7 Å². The fourth-order valence-corrected chi connectivity index (χ4v) is 3.42. The maximum atomic E-state index is 4.47. The average Bonchev–Trinajstić information content (AvgIpc) is 3.17. The van der Waals surface area contributed by atoms with E-state index in [4.69, 9.17) is 0 Å². The third-order valence-corrected chi connectivity index (χ3v) is 5.26. The molecule has 3 aromatic rings. The fourth-order valence-electron chi connectivity index (χ4n) is 2.90. The first-order chi connectivity index (χ1) is 13.9. The summed E-state index contributed by atoms with van der Waals surface area (Å²) in [7, 11) is 6.66. The lowest BCUT2D eigenvalue weighted by Gasteiger charge is -2.29. The molecule has 6 nitrogen and oxygen atoms in total. The molecular weight excluding hydrogens is 416 g/mol. The highest BCUT2D eigenvalue weighted by Gasteiger charge is 2.12. The Morgan fingerprint density at radius 1 is 1.03 bits per heavy atom. The molecule has 0 radical (unpaired) electrons. The minimum absolute atomic E-state index is 0. The van der Waals surface area contributed by atoms with E-state index >= 15 is 0 Å². The molecule has 2 aromatic carbocycles. The first kappa shape index (κ1) is 23.9. The van der Waals surface area contributed by atoms with E-state index in [2.05, 4.69) is 71.6 Å². The van der Waals surface area contributed by atoms with Crippen molar-refractivity contribution in [2.24, 2.45) is 10.2 Å². The zero-order valence-corrected chi connectivity index (χ0v) is 19.8. The molecular formula is C22H29ClN6S. The SMILES string of the molecule is CCN(CC[N+](C)(C)C)c1ccc(N=Nc2nc(-c3ccccc3)ns2)c(C)c1.[Cl-]. The Labute approximate surface area is 189 Å². The average molecular weight is 445 g/mol. The van der Waals surface area contributed by atoms with E-state index in [-0.39, 0.29) is 12.4 Å². The monoisotopic (exact) mass is 444 g/mol. The number of aromatic nitrogens is 2. The summed E-state index contributed by atoms with van der Waals surface area (Å²) in [6.07, 6.45) is 0. The largest absolute Gasteiger partial charge is 1.00 e. The number of quaternary nitrogens is 1. The predicted octanol–water partition coefficient (Wildman–Crippen LogP) is 2.47. The Morgan fingerprint density at radius 2 is 1.77 bits per heavy atom. The van der Waals surface area contributed by atoms with Gasteiger partial charge in [-0.05, 0) is 37.6 Å². The van der Waals surface area contributed by atoms with Gasteiger partial charge in [0, 0.05) is 29.3 Å². The molecule has 0 unspecified atom stereocenters. The van der Waals surface area contributed by atoms with Gasteiger partial charge in [-0.2, -0.15) is 9.36 Å². The van der Waals surface area contributed by atoms with Crippen molar-refractivity contribution < 1.29 is 16.9 Å². The third-order valence-electron chi connectivity index (χ3n) is 4.66. The van der Waals surface area contributed by atoms with Crippen LogP contribution in [0.1, 0.15) is 12.5 Å². The van der Waals surface area contributed by atoms with Crippen LogP contribution in [0.5, 0.6) is 0 Å². The molecule has 0 aliphatic rings. The van der Waals surface area contributed by atoms with Gasteiger partial charge in [0.05, 0.1) is 39.9 Å².